The fourth-order valence-corrected chi connectivity index (χ4v) is 5.89. The lowest BCUT2D eigenvalue weighted by atomic mass is 9.91. The van der Waals surface area contributed by atoms with Crippen LogP contribution in [0.2, 0.25) is 0 Å². The van der Waals surface area contributed by atoms with Crippen molar-refractivity contribution in [1.82, 2.24) is 4.57 Å². The molecule has 0 aliphatic carbocycles. The van der Waals surface area contributed by atoms with E-state index >= 15 is 0 Å². The van der Waals surface area contributed by atoms with Gasteiger partial charge in [0.15, 0.2) is 16.3 Å². The lowest BCUT2D eigenvalue weighted by molar-refractivity contribution is -0.139. The molecule has 0 spiro atoms. The molecular formula is C30H28N2O6S. The Kier molecular flexibility index (Phi) is 7.26. The first-order chi connectivity index (χ1) is 18.9. The van der Waals surface area contributed by atoms with Crippen molar-refractivity contribution in [3.05, 3.63) is 96.7 Å². The molecule has 2 heterocycles. The summed E-state index contributed by atoms with van der Waals surface area (Å²) in [6, 6.07) is 15.6. The van der Waals surface area contributed by atoms with Gasteiger partial charge in [-0.3, -0.25) is 9.36 Å². The van der Waals surface area contributed by atoms with Gasteiger partial charge in [0.25, 0.3) is 5.56 Å². The van der Waals surface area contributed by atoms with Gasteiger partial charge >= 0.3 is 5.97 Å². The maximum Gasteiger partial charge on any atom is 0.338 e. The minimum Gasteiger partial charge on any atom is -0.504 e. The first-order valence-electron chi connectivity index (χ1n) is 12.6. The SMILES string of the molecule is CCOC(=O)C1=C(C)N=c2sc(=Cc3ccc(O)c(OCC)c3)c(=O)n2C1c1ccc(OC)c2ccccc12. The number of fused-ring (bicyclic) bond motifs is 2. The number of nitrogens with zero attached hydrogens (tertiary/aromatic N) is 2. The summed E-state index contributed by atoms with van der Waals surface area (Å²) >= 11 is 1.24. The van der Waals surface area contributed by atoms with Crippen LogP contribution in [0, 0.1) is 0 Å². The Morgan fingerprint density at radius 3 is 2.56 bits per heavy atom. The van der Waals surface area contributed by atoms with Crippen molar-refractivity contribution in [2.24, 2.45) is 4.99 Å². The smallest absolute Gasteiger partial charge is 0.338 e. The molecule has 0 saturated heterocycles. The lowest BCUT2D eigenvalue weighted by Gasteiger charge is -2.26. The van der Waals surface area contributed by atoms with E-state index in [2.05, 4.69) is 4.99 Å². The second kappa shape index (κ2) is 10.8. The van der Waals surface area contributed by atoms with Crippen LogP contribution in [0.5, 0.6) is 17.2 Å². The van der Waals surface area contributed by atoms with E-state index in [1.807, 2.05) is 43.3 Å². The zero-order valence-electron chi connectivity index (χ0n) is 22.1. The van der Waals surface area contributed by atoms with Crippen molar-refractivity contribution < 1.29 is 24.1 Å². The highest BCUT2D eigenvalue weighted by Crippen LogP contribution is 2.38. The third-order valence-electron chi connectivity index (χ3n) is 6.53. The van der Waals surface area contributed by atoms with Crippen LogP contribution in [0.4, 0.5) is 0 Å². The van der Waals surface area contributed by atoms with Crippen LogP contribution >= 0.6 is 11.3 Å². The molecule has 200 valence electrons. The third kappa shape index (κ3) is 4.70. The summed E-state index contributed by atoms with van der Waals surface area (Å²) < 4.78 is 18.5. The van der Waals surface area contributed by atoms with E-state index in [4.69, 9.17) is 14.2 Å². The van der Waals surface area contributed by atoms with Crippen LogP contribution < -0.4 is 24.4 Å². The number of hydrogen-bond acceptors (Lipinski definition) is 8. The number of phenolic OH excluding ortho intramolecular Hbond substituents is 1. The van der Waals surface area contributed by atoms with Crippen LogP contribution in [0.15, 0.2) is 75.7 Å². The van der Waals surface area contributed by atoms with E-state index in [9.17, 15) is 14.7 Å². The molecule has 9 heteroatoms. The van der Waals surface area contributed by atoms with Crippen LogP contribution in [0.25, 0.3) is 16.8 Å². The molecule has 39 heavy (non-hydrogen) atoms. The maximum atomic E-state index is 14.0. The van der Waals surface area contributed by atoms with E-state index < -0.39 is 12.0 Å². The minimum atomic E-state index is -0.753. The molecule has 0 bridgehead atoms. The number of aromatic nitrogens is 1. The molecule has 1 aliphatic heterocycles. The monoisotopic (exact) mass is 544 g/mol. The molecule has 1 atom stereocenters. The van der Waals surface area contributed by atoms with E-state index in [1.54, 1.807) is 43.7 Å². The molecule has 1 aliphatic rings. The molecule has 5 rings (SSSR count). The first kappa shape index (κ1) is 26.2. The molecule has 1 aromatic heterocycles. The lowest BCUT2D eigenvalue weighted by Crippen LogP contribution is -2.40. The van der Waals surface area contributed by atoms with Gasteiger partial charge in [-0.25, -0.2) is 9.79 Å². The number of phenols is 1. The fraction of sp³-hybridized carbons (Fsp3) is 0.233. The summed E-state index contributed by atoms with van der Waals surface area (Å²) in [7, 11) is 1.61. The number of carbonyl (C=O) groups excluding carboxylic acids is 1. The summed E-state index contributed by atoms with van der Waals surface area (Å²) in [6.45, 7) is 5.92. The van der Waals surface area contributed by atoms with Gasteiger partial charge in [0, 0.05) is 5.39 Å². The average molecular weight is 545 g/mol. The summed E-state index contributed by atoms with van der Waals surface area (Å²) in [4.78, 5) is 32.4. The van der Waals surface area contributed by atoms with Crippen molar-refractivity contribution in [2.45, 2.75) is 26.8 Å². The molecular weight excluding hydrogens is 516 g/mol. The highest BCUT2D eigenvalue weighted by atomic mass is 32.1. The predicted octanol–water partition coefficient (Wildman–Crippen LogP) is 4.06. The molecule has 0 saturated carbocycles. The number of allylic oxidation sites excluding steroid dienone is 1. The Hall–Kier alpha value is -4.37. The van der Waals surface area contributed by atoms with Gasteiger partial charge in [-0.2, -0.15) is 0 Å². The van der Waals surface area contributed by atoms with Crippen molar-refractivity contribution >= 4 is 34.2 Å². The number of aromatic hydroxyl groups is 1. The highest BCUT2D eigenvalue weighted by Gasteiger charge is 2.34. The fourth-order valence-electron chi connectivity index (χ4n) is 4.84. The maximum absolute atomic E-state index is 14.0. The van der Waals surface area contributed by atoms with E-state index in [0.29, 0.717) is 44.3 Å². The van der Waals surface area contributed by atoms with Gasteiger partial charge in [0.05, 0.1) is 42.2 Å². The molecule has 3 aromatic carbocycles. The Balaban J connectivity index is 1.77. The Morgan fingerprint density at radius 2 is 1.85 bits per heavy atom. The van der Waals surface area contributed by atoms with Crippen LogP contribution in [-0.2, 0) is 9.53 Å². The molecule has 0 fully saturated rings. The normalized spacial score (nSPS) is 15.2. The van der Waals surface area contributed by atoms with E-state index in [0.717, 1.165) is 16.3 Å². The number of hydrogen-bond donors (Lipinski definition) is 1. The summed E-state index contributed by atoms with van der Waals surface area (Å²) in [5.41, 5.74) is 1.97. The molecule has 1 N–H and O–H groups in total. The van der Waals surface area contributed by atoms with Gasteiger partial charge in [-0.15, -0.1) is 0 Å². The van der Waals surface area contributed by atoms with Crippen LogP contribution in [0.3, 0.4) is 0 Å². The van der Waals surface area contributed by atoms with Gasteiger partial charge in [0.2, 0.25) is 0 Å². The van der Waals surface area contributed by atoms with E-state index in [-0.39, 0.29) is 17.9 Å². The van der Waals surface area contributed by atoms with Gasteiger partial charge in [0.1, 0.15) is 5.75 Å². The van der Waals surface area contributed by atoms with E-state index in [1.165, 1.54) is 17.4 Å². The standard InChI is InChI=1S/C30H28N2O6S/c1-5-37-24-15-18(11-13-22(24)33)16-25-28(34)32-27(26(29(35)38-6-2)17(3)31-30(32)39-25)21-12-14-23(36-4)20-10-8-7-9-19(20)21/h7-16,27,33H,5-6H2,1-4H3. The zero-order valence-corrected chi connectivity index (χ0v) is 22.9. The second-order valence-corrected chi connectivity index (χ2v) is 9.87. The van der Waals surface area contributed by atoms with Crippen molar-refractivity contribution in [3.63, 3.8) is 0 Å². The number of rotatable bonds is 7. The molecule has 1 unspecified atom stereocenters. The largest absolute Gasteiger partial charge is 0.504 e. The number of esters is 1. The number of benzene rings is 3. The second-order valence-electron chi connectivity index (χ2n) is 8.87. The number of ether oxygens (including phenoxy) is 3. The van der Waals surface area contributed by atoms with Crippen molar-refractivity contribution in [3.8, 4) is 17.2 Å². The predicted molar refractivity (Wildman–Crippen MR) is 150 cm³/mol. The number of methoxy groups -OCH3 is 1. The van der Waals surface area contributed by atoms with Gasteiger partial charge in [-0.1, -0.05) is 47.7 Å². The van der Waals surface area contributed by atoms with Crippen LogP contribution in [0.1, 0.15) is 37.9 Å². The Labute approximate surface area is 228 Å². The number of thiazole rings is 1. The number of carbonyl (C=O) groups is 1. The van der Waals surface area contributed by atoms with Gasteiger partial charge < -0.3 is 19.3 Å². The zero-order chi connectivity index (χ0) is 27.7. The summed E-state index contributed by atoms with van der Waals surface area (Å²) in [6.07, 6.45) is 1.73. The third-order valence-corrected chi connectivity index (χ3v) is 7.51. The average Bonchev–Trinajstić information content (AvgIpc) is 3.23. The molecule has 8 nitrogen and oxygen atoms in total. The van der Waals surface area contributed by atoms with Gasteiger partial charge in [-0.05, 0) is 61.6 Å². The van der Waals surface area contributed by atoms with Crippen molar-refractivity contribution in [2.75, 3.05) is 20.3 Å². The quantitative estimate of drug-likeness (QED) is 0.352. The highest BCUT2D eigenvalue weighted by molar-refractivity contribution is 7.07. The Morgan fingerprint density at radius 1 is 1.08 bits per heavy atom. The minimum absolute atomic E-state index is 0.0246. The topological polar surface area (TPSA) is 99.4 Å². The molecule has 0 radical (unpaired) electrons. The first-order valence-corrected chi connectivity index (χ1v) is 13.4. The summed E-state index contributed by atoms with van der Waals surface area (Å²) in [5.74, 6) is 0.536. The molecule has 0 amide bonds. The Bertz CT molecular complexity index is 1800. The van der Waals surface area contributed by atoms with Crippen LogP contribution in [-0.4, -0.2) is 36.0 Å². The molecule has 4 aromatic rings. The summed E-state index contributed by atoms with van der Waals surface area (Å²) in [5, 5.41) is 11.8. The van der Waals surface area contributed by atoms with Crippen molar-refractivity contribution in [1.29, 1.82) is 0 Å².